The lowest BCUT2D eigenvalue weighted by Gasteiger charge is -2.36. The Morgan fingerprint density at radius 1 is 0.933 bits per heavy atom. The van der Waals surface area contributed by atoms with Gasteiger partial charge in [-0.15, -0.1) is 0 Å². The molecule has 1 saturated heterocycles. The fourth-order valence-corrected chi connectivity index (χ4v) is 5.35. The number of para-hydroxylation sites is 2. The highest BCUT2D eigenvalue weighted by Gasteiger charge is 2.33. The van der Waals surface area contributed by atoms with Crippen molar-refractivity contribution in [3.63, 3.8) is 0 Å². The molecule has 1 fully saturated rings. The van der Waals surface area contributed by atoms with Crippen LogP contribution in [0.25, 0.3) is 0 Å². The number of rotatable bonds is 12. The molecule has 45 heavy (non-hydrogen) atoms. The van der Waals surface area contributed by atoms with E-state index in [9.17, 15) is 14.7 Å². The lowest BCUT2D eigenvalue weighted by atomic mass is 10.00. The number of carbonyl (C=O) groups is 2. The van der Waals surface area contributed by atoms with Gasteiger partial charge in [-0.2, -0.15) is 0 Å². The molecule has 5 N–H and O–H groups in total. The fourth-order valence-electron chi connectivity index (χ4n) is 5.04. The number of halogens is 2. The zero-order chi connectivity index (χ0) is 31.8. The molecule has 236 valence electrons. The molecule has 2 amide bonds. The van der Waals surface area contributed by atoms with Gasteiger partial charge < -0.3 is 35.5 Å². The van der Waals surface area contributed by atoms with Gasteiger partial charge in [0.15, 0.2) is 11.4 Å². The molecular weight excluding hydrogens is 617 g/mol. The number of benzene rings is 3. The number of nitrogens with zero attached hydrogens (tertiary/aromatic N) is 2. The van der Waals surface area contributed by atoms with Gasteiger partial charge in [0, 0.05) is 31.4 Å². The Kier molecular flexibility index (Phi) is 11.1. The van der Waals surface area contributed by atoms with Crippen molar-refractivity contribution in [2.45, 2.75) is 63.9 Å². The summed E-state index contributed by atoms with van der Waals surface area (Å²) in [6, 6.07) is 22.4. The van der Waals surface area contributed by atoms with Crippen LogP contribution in [0.15, 0.2) is 79.1 Å². The largest absolute Gasteiger partial charge is 0.397 e. The number of aliphatic hydroxyl groups is 1. The smallest absolute Gasteiger partial charge is 0.224 e. The van der Waals surface area contributed by atoms with Crippen molar-refractivity contribution in [3.05, 3.63) is 112 Å². The van der Waals surface area contributed by atoms with Gasteiger partial charge in [-0.25, -0.2) is 4.98 Å². The third-order valence-electron chi connectivity index (χ3n) is 7.53. The van der Waals surface area contributed by atoms with Crippen molar-refractivity contribution in [1.82, 2.24) is 14.9 Å². The summed E-state index contributed by atoms with van der Waals surface area (Å²) in [5.74, 6) is -0.326. The quantitative estimate of drug-likeness (QED) is 0.139. The lowest BCUT2D eigenvalue weighted by Crippen LogP contribution is -2.32. The number of hydrogen-bond donors (Lipinski definition) is 4. The van der Waals surface area contributed by atoms with Gasteiger partial charge in [-0.1, -0.05) is 83.9 Å². The van der Waals surface area contributed by atoms with E-state index in [2.05, 4.69) is 15.6 Å². The maximum Gasteiger partial charge on any atom is 0.224 e. The van der Waals surface area contributed by atoms with Gasteiger partial charge in [0.25, 0.3) is 0 Å². The lowest BCUT2D eigenvalue weighted by molar-refractivity contribution is -0.252. The third kappa shape index (κ3) is 8.84. The van der Waals surface area contributed by atoms with Crippen LogP contribution in [0.2, 0.25) is 10.3 Å². The van der Waals surface area contributed by atoms with E-state index in [0.29, 0.717) is 42.5 Å². The number of amides is 2. The first-order valence-corrected chi connectivity index (χ1v) is 15.4. The Hall–Kier alpha value is -3.93. The molecule has 0 bridgehead atoms. The number of nitrogen functional groups attached to an aromatic ring is 1. The average molecular weight is 653 g/mol. The van der Waals surface area contributed by atoms with E-state index in [-0.39, 0.29) is 48.6 Å². The summed E-state index contributed by atoms with van der Waals surface area (Å²) in [7, 11) is 0. The van der Waals surface area contributed by atoms with Crippen molar-refractivity contribution < 1.29 is 24.2 Å². The monoisotopic (exact) mass is 651 g/mol. The second-order valence-electron chi connectivity index (χ2n) is 10.8. The molecule has 0 aliphatic carbocycles. The summed E-state index contributed by atoms with van der Waals surface area (Å²) in [6.45, 7) is 0.755. The highest BCUT2D eigenvalue weighted by molar-refractivity contribution is 6.40. The number of imidazole rings is 1. The maximum absolute atomic E-state index is 12.4. The highest BCUT2D eigenvalue weighted by Crippen LogP contribution is 2.39. The Morgan fingerprint density at radius 2 is 1.62 bits per heavy atom. The highest BCUT2D eigenvalue weighted by atomic mass is 35.5. The van der Waals surface area contributed by atoms with Crippen LogP contribution in [-0.4, -0.2) is 32.6 Å². The average Bonchev–Trinajstić information content (AvgIpc) is 3.37. The van der Waals surface area contributed by atoms with Crippen molar-refractivity contribution in [3.8, 4) is 0 Å². The summed E-state index contributed by atoms with van der Waals surface area (Å²) in [5.41, 5.74) is 10.4. The SMILES string of the molecule is Nc1ccccc1NC(=O)CCCC(=O)NCc1ccc([C@H]2O[C@@H](Cn3cnc(Cl)c3Cl)C[C@@H](c3ccc(CO)cc3)O2)cc1. The molecule has 2 heterocycles. The molecule has 10 nitrogen and oxygen atoms in total. The first-order valence-electron chi connectivity index (χ1n) is 14.7. The van der Waals surface area contributed by atoms with Crippen LogP contribution in [-0.2, 0) is 38.8 Å². The topological polar surface area (TPSA) is 141 Å². The van der Waals surface area contributed by atoms with E-state index in [1.807, 2.05) is 48.5 Å². The van der Waals surface area contributed by atoms with Gasteiger partial charge in [0.05, 0.1) is 43.1 Å². The molecule has 4 aromatic rings. The number of ether oxygens (including phenoxy) is 2. The van der Waals surface area contributed by atoms with Gasteiger partial charge in [0.2, 0.25) is 11.8 Å². The molecule has 0 radical (unpaired) electrons. The van der Waals surface area contributed by atoms with E-state index in [4.69, 9.17) is 38.4 Å². The maximum atomic E-state index is 12.4. The minimum absolute atomic E-state index is 0.0330. The Morgan fingerprint density at radius 3 is 2.31 bits per heavy atom. The standard InChI is InChI=1S/C33H35Cl2N5O5/c34-31-32(35)40(20-38-31)18-25-16-28(23-12-10-22(19-41)11-13-23)45-33(44-25)24-14-8-21(9-15-24)17-37-29(42)6-3-7-30(43)39-27-5-2-1-4-26(27)36/h1-2,4-5,8-15,20,25,28,33,41H,3,6-7,16-19,36H2,(H,37,42)(H,39,43)/t25-,28+,33+/m1/s1. The van der Waals surface area contributed by atoms with E-state index in [1.165, 1.54) is 0 Å². The zero-order valence-electron chi connectivity index (χ0n) is 24.5. The molecule has 5 rings (SSSR count). The van der Waals surface area contributed by atoms with Crippen LogP contribution in [0.3, 0.4) is 0 Å². The fraction of sp³-hybridized carbons (Fsp3) is 0.303. The third-order valence-corrected chi connectivity index (χ3v) is 8.30. The first-order chi connectivity index (χ1) is 21.8. The Balaban J connectivity index is 1.15. The van der Waals surface area contributed by atoms with Gasteiger partial charge >= 0.3 is 0 Å². The summed E-state index contributed by atoms with van der Waals surface area (Å²) in [4.78, 5) is 28.7. The molecule has 1 aliphatic heterocycles. The molecule has 1 aromatic heterocycles. The molecule has 0 saturated carbocycles. The molecule has 12 heteroatoms. The van der Waals surface area contributed by atoms with Crippen LogP contribution in [0.5, 0.6) is 0 Å². The first kappa shape index (κ1) is 32.5. The number of carbonyl (C=O) groups excluding carboxylic acids is 2. The van der Waals surface area contributed by atoms with E-state index < -0.39 is 6.29 Å². The van der Waals surface area contributed by atoms with E-state index in [1.54, 1.807) is 35.2 Å². The van der Waals surface area contributed by atoms with E-state index in [0.717, 1.165) is 22.3 Å². The van der Waals surface area contributed by atoms with Gasteiger partial charge in [0.1, 0.15) is 5.15 Å². The van der Waals surface area contributed by atoms with Crippen LogP contribution >= 0.6 is 23.2 Å². The Bertz CT molecular complexity index is 1600. The van der Waals surface area contributed by atoms with Crippen LogP contribution in [0, 0.1) is 0 Å². The number of hydrogen-bond acceptors (Lipinski definition) is 7. The predicted molar refractivity (Wildman–Crippen MR) is 172 cm³/mol. The number of anilines is 2. The van der Waals surface area contributed by atoms with Crippen molar-refractivity contribution >= 4 is 46.4 Å². The second-order valence-corrected chi connectivity index (χ2v) is 11.6. The van der Waals surface area contributed by atoms with Crippen molar-refractivity contribution in [2.24, 2.45) is 0 Å². The van der Waals surface area contributed by atoms with Crippen molar-refractivity contribution in [1.29, 1.82) is 0 Å². The van der Waals surface area contributed by atoms with E-state index >= 15 is 0 Å². The summed E-state index contributed by atoms with van der Waals surface area (Å²) in [5, 5.41) is 15.7. The number of nitrogens with one attached hydrogen (secondary N) is 2. The molecule has 1 aliphatic rings. The van der Waals surface area contributed by atoms with Crippen LogP contribution in [0.1, 0.15) is 60.3 Å². The summed E-state index contributed by atoms with van der Waals surface area (Å²) < 4.78 is 14.5. The van der Waals surface area contributed by atoms with Gasteiger partial charge in [-0.3, -0.25) is 9.59 Å². The second kappa shape index (κ2) is 15.4. The molecular formula is C33H35Cl2N5O5. The minimum atomic E-state index is -0.648. The zero-order valence-corrected chi connectivity index (χ0v) is 26.0. The molecule has 0 unspecified atom stereocenters. The summed E-state index contributed by atoms with van der Waals surface area (Å²) in [6.07, 6.45) is 1.87. The van der Waals surface area contributed by atoms with Crippen LogP contribution in [0.4, 0.5) is 11.4 Å². The number of aliphatic hydroxyl groups excluding tert-OH is 1. The van der Waals surface area contributed by atoms with Crippen LogP contribution < -0.4 is 16.4 Å². The molecule has 3 atom stereocenters. The number of nitrogens with two attached hydrogens (primary N) is 1. The minimum Gasteiger partial charge on any atom is -0.397 e. The number of aromatic nitrogens is 2. The predicted octanol–water partition coefficient (Wildman–Crippen LogP) is 5.94. The molecule has 3 aromatic carbocycles. The Labute approximate surface area is 271 Å². The summed E-state index contributed by atoms with van der Waals surface area (Å²) >= 11 is 12.4. The van der Waals surface area contributed by atoms with Crippen molar-refractivity contribution in [2.75, 3.05) is 11.1 Å². The normalized spacial score (nSPS) is 18.0. The van der Waals surface area contributed by atoms with Gasteiger partial charge in [-0.05, 0) is 35.2 Å². The molecule has 0 spiro atoms.